The van der Waals surface area contributed by atoms with Crippen molar-refractivity contribution in [1.29, 1.82) is 0 Å². The summed E-state index contributed by atoms with van der Waals surface area (Å²) in [7, 11) is -1.11. The Morgan fingerprint density at radius 1 is 0.542 bits per heavy atom. The van der Waals surface area contributed by atoms with Gasteiger partial charge in [-0.15, -0.1) is 20.4 Å². The van der Waals surface area contributed by atoms with Gasteiger partial charge in [0.15, 0.2) is 43.0 Å². The molecule has 0 unspecified atom stereocenters. The Morgan fingerprint density at radius 2 is 0.903 bits per heavy atom. The highest BCUT2D eigenvalue weighted by Gasteiger charge is 2.36. The number of methoxy groups -OCH3 is 4. The van der Waals surface area contributed by atoms with Gasteiger partial charge in [0.25, 0.3) is 0 Å². The van der Waals surface area contributed by atoms with Gasteiger partial charge >= 0.3 is 0 Å². The lowest BCUT2D eigenvalue weighted by molar-refractivity contribution is 0.00820. The number of aryl methyl sites for hydroxylation is 2. The second-order valence-electron chi connectivity index (χ2n) is 18.1. The van der Waals surface area contributed by atoms with Crippen LogP contribution in [0, 0.1) is 13.8 Å². The van der Waals surface area contributed by atoms with Gasteiger partial charge in [0.05, 0.1) is 61.7 Å². The third kappa shape index (κ3) is 11.9. The molecule has 72 heavy (non-hydrogen) atoms. The molecule has 2 saturated heterocycles. The second kappa shape index (κ2) is 23.6. The van der Waals surface area contributed by atoms with Gasteiger partial charge in [0, 0.05) is 49.8 Å². The maximum Gasteiger partial charge on any atom is 0.167 e. The van der Waals surface area contributed by atoms with Crippen LogP contribution in [-0.4, -0.2) is 118 Å². The standard InChI is InChI=1S/2C25H33N5O5S/c2*1-16-13-27-19(14-26-16)17(2)18(3)36(31,32)15-23-28-29-25(22-9-6-7-12-35-22)30(23)24-20(33-4)10-8-11-21(24)34-5/h2*8,10-11,13-14,17-18,22H,6-7,9,12,15H2,1-5H3/t17-,18-,22+;17-,18-,22-/m00/s1. The van der Waals surface area contributed by atoms with Gasteiger partial charge in [-0.3, -0.25) is 29.1 Å². The minimum absolute atomic E-state index is 0.274. The van der Waals surface area contributed by atoms with Crippen molar-refractivity contribution >= 4 is 19.7 Å². The maximum absolute atomic E-state index is 13.6. The van der Waals surface area contributed by atoms with Crippen LogP contribution >= 0.6 is 0 Å². The van der Waals surface area contributed by atoms with Gasteiger partial charge in [0.1, 0.15) is 58.1 Å². The molecule has 6 atom stereocenters. The van der Waals surface area contributed by atoms with E-state index >= 15 is 0 Å². The van der Waals surface area contributed by atoms with Gasteiger partial charge in [-0.25, -0.2) is 16.8 Å². The fraction of sp³-hybridized carbons (Fsp3) is 0.520. The van der Waals surface area contributed by atoms with Crippen LogP contribution in [0.1, 0.15) is 136 Å². The molecule has 0 spiro atoms. The summed E-state index contributed by atoms with van der Waals surface area (Å²) >= 11 is 0. The molecule has 6 aromatic rings. The molecule has 2 aliphatic rings. The molecule has 0 bridgehead atoms. The van der Waals surface area contributed by atoms with E-state index in [4.69, 9.17) is 28.4 Å². The predicted molar refractivity (Wildman–Crippen MR) is 269 cm³/mol. The summed E-state index contributed by atoms with van der Waals surface area (Å²) in [6.07, 6.45) is 11.4. The summed E-state index contributed by atoms with van der Waals surface area (Å²) in [6.45, 7) is 12.0. The van der Waals surface area contributed by atoms with Gasteiger partial charge < -0.3 is 28.4 Å². The molecule has 20 nitrogen and oxygen atoms in total. The SMILES string of the molecule is COc1cccc(OC)c1-n1c(CS(=O)(=O)[C@@H](C)[C@H](C)c2cnc(C)cn2)nnc1[C@@H]1CCCCO1.COc1cccc(OC)c1-n1c(CS(=O)(=O)[C@@H](C)[C@H](C)c2cnc(C)cn2)nnc1[C@H]1CCCCO1. The van der Waals surface area contributed by atoms with E-state index in [0.29, 0.717) is 70.6 Å². The van der Waals surface area contributed by atoms with E-state index in [1.54, 1.807) is 100 Å². The van der Waals surface area contributed by atoms with Crippen molar-refractivity contribution in [2.45, 2.75) is 126 Å². The zero-order chi connectivity index (χ0) is 51.7. The van der Waals surface area contributed by atoms with Crippen LogP contribution in [0.25, 0.3) is 11.4 Å². The molecule has 0 saturated carbocycles. The molecule has 8 rings (SSSR count). The van der Waals surface area contributed by atoms with Crippen molar-refractivity contribution in [2.75, 3.05) is 41.7 Å². The molecule has 0 N–H and O–H groups in total. The van der Waals surface area contributed by atoms with Crippen molar-refractivity contribution in [2.24, 2.45) is 0 Å². The van der Waals surface area contributed by atoms with Crippen molar-refractivity contribution in [3.63, 3.8) is 0 Å². The minimum atomic E-state index is -3.67. The Morgan fingerprint density at radius 3 is 1.19 bits per heavy atom. The lowest BCUT2D eigenvalue weighted by atomic mass is 10.1. The number of benzene rings is 2. The van der Waals surface area contributed by atoms with Crippen LogP contribution in [0.15, 0.2) is 61.2 Å². The smallest absolute Gasteiger partial charge is 0.167 e. The first-order valence-corrected chi connectivity index (χ1v) is 27.5. The number of aromatic nitrogens is 10. The summed E-state index contributed by atoms with van der Waals surface area (Å²) in [5.74, 6) is 2.32. The van der Waals surface area contributed by atoms with Crippen LogP contribution < -0.4 is 18.9 Å². The van der Waals surface area contributed by atoms with Crippen LogP contribution in [0.2, 0.25) is 0 Å². The highest BCUT2D eigenvalue weighted by Crippen LogP contribution is 2.40. The quantitative estimate of drug-likeness (QED) is 0.0812. The minimum Gasteiger partial charge on any atom is -0.494 e. The Balaban J connectivity index is 0.000000211. The molecule has 0 radical (unpaired) electrons. The van der Waals surface area contributed by atoms with E-state index in [9.17, 15) is 16.8 Å². The number of nitrogens with zero attached hydrogens (tertiary/aromatic N) is 10. The van der Waals surface area contributed by atoms with Crippen LogP contribution in [0.3, 0.4) is 0 Å². The Labute approximate surface area is 422 Å². The molecular formula is C50H66N10O10S2. The highest BCUT2D eigenvalue weighted by atomic mass is 32.2. The largest absolute Gasteiger partial charge is 0.494 e. The Kier molecular flexibility index (Phi) is 17.6. The summed E-state index contributed by atoms with van der Waals surface area (Å²) in [5.41, 5.74) is 3.90. The predicted octanol–water partition coefficient (Wildman–Crippen LogP) is 7.46. The third-order valence-corrected chi connectivity index (χ3v) is 17.8. The molecule has 22 heteroatoms. The molecule has 2 fully saturated rings. The number of rotatable bonds is 18. The van der Waals surface area contributed by atoms with Crippen molar-refractivity contribution in [3.8, 4) is 34.4 Å². The van der Waals surface area contributed by atoms with E-state index in [0.717, 1.165) is 49.9 Å². The first-order valence-electron chi connectivity index (χ1n) is 24.1. The molecule has 6 heterocycles. The van der Waals surface area contributed by atoms with E-state index in [1.807, 2.05) is 39.8 Å². The number of hydrogen-bond acceptors (Lipinski definition) is 18. The number of hydrogen-bond donors (Lipinski definition) is 0. The summed E-state index contributed by atoms with van der Waals surface area (Å²) in [4.78, 5) is 17.3. The molecule has 2 aliphatic heterocycles. The molecule has 0 aliphatic carbocycles. The molecule has 2 aromatic carbocycles. The number of para-hydroxylation sites is 2. The molecular weight excluding hydrogens is 965 g/mol. The summed E-state index contributed by atoms with van der Waals surface area (Å²) < 4.78 is 92.5. The lowest BCUT2D eigenvalue weighted by Gasteiger charge is -2.24. The zero-order valence-electron chi connectivity index (χ0n) is 42.7. The fourth-order valence-electron chi connectivity index (χ4n) is 8.75. The van der Waals surface area contributed by atoms with Crippen LogP contribution in [0.5, 0.6) is 23.0 Å². The lowest BCUT2D eigenvalue weighted by Crippen LogP contribution is -2.27. The van der Waals surface area contributed by atoms with Gasteiger partial charge in [-0.1, -0.05) is 26.0 Å². The van der Waals surface area contributed by atoms with Gasteiger partial charge in [0.2, 0.25) is 0 Å². The average molecular weight is 1030 g/mol. The summed E-state index contributed by atoms with van der Waals surface area (Å²) in [5, 5.41) is 16.1. The van der Waals surface area contributed by atoms with E-state index in [2.05, 4.69) is 40.3 Å². The van der Waals surface area contributed by atoms with E-state index in [1.165, 1.54) is 0 Å². The molecule has 388 valence electrons. The summed E-state index contributed by atoms with van der Waals surface area (Å²) in [6, 6.07) is 10.8. The van der Waals surface area contributed by atoms with Crippen molar-refractivity contribution in [3.05, 3.63) is 107 Å². The van der Waals surface area contributed by atoms with E-state index in [-0.39, 0.29) is 47.2 Å². The van der Waals surface area contributed by atoms with Crippen LogP contribution in [0.4, 0.5) is 0 Å². The third-order valence-electron chi connectivity index (χ3n) is 13.4. The zero-order valence-corrected chi connectivity index (χ0v) is 44.3. The monoisotopic (exact) mass is 1030 g/mol. The topological polar surface area (TPSA) is 237 Å². The van der Waals surface area contributed by atoms with E-state index < -0.39 is 30.2 Å². The van der Waals surface area contributed by atoms with Crippen LogP contribution in [-0.2, 0) is 40.7 Å². The number of sulfone groups is 2. The molecule has 0 amide bonds. The van der Waals surface area contributed by atoms with Gasteiger partial charge in [-0.2, -0.15) is 0 Å². The second-order valence-corrected chi connectivity index (χ2v) is 22.8. The maximum atomic E-state index is 13.6. The normalized spacial score (nSPS) is 18.0. The number of ether oxygens (including phenoxy) is 6. The fourth-order valence-corrected chi connectivity index (χ4v) is 11.9. The molecule has 4 aromatic heterocycles. The first kappa shape index (κ1) is 53.7. The highest BCUT2D eigenvalue weighted by molar-refractivity contribution is 7.91. The van der Waals surface area contributed by atoms with Gasteiger partial charge in [-0.05, 0) is 90.5 Å². The first-order chi connectivity index (χ1) is 34.5. The average Bonchev–Trinajstić information content (AvgIpc) is 4.01. The van der Waals surface area contributed by atoms with Crippen molar-refractivity contribution < 1.29 is 45.3 Å². The Hall–Kier alpha value is -6.10. The van der Waals surface area contributed by atoms with Crippen molar-refractivity contribution in [1.82, 2.24) is 49.5 Å². The Bertz CT molecular complexity index is 2730.